The number of carbonyl (C=O) groups excluding carboxylic acids is 1. The van der Waals surface area contributed by atoms with Crippen LogP contribution in [-0.4, -0.2) is 27.1 Å². The third-order valence-electron chi connectivity index (χ3n) is 6.09. The minimum Gasteiger partial charge on any atom is -0.457 e. The van der Waals surface area contributed by atoms with Crippen LogP contribution < -0.4 is 16.2 Å². The number of aromatic nitrogens is 3. The van der Waals surface area contributed by atoms with Crippen molar-refractivity contribution in [2.75, 3.05) is 0 Å². The van der Waals surface area contributed by atoms with Crippen LogP contribution in [0.3, 0.4) is 0 Å². The normalized spacial score (nSPS) is 18.5. The number of nitrogens with one attached hydrogen (secondary N) is 1. The Labute approximate surface area is 185 Å². The first kappa shape index (κ1) is 20.2. The molecule has 2 aromatic carbocycles. The summed E-state index contributed by atoms with van der Waals surface area (Å²) >= 11 is 0. The number of pyridine rings is 1. The van der Waals surface area contributed by atoms with Crippen molar-refractivity contribution < 1.29 is 9.53 Å². The lowest BCUT2D eigenvalue weighted by Crippen LogP contribution is -2.27. The van der Waals surface area contributed by atoms with Crippen LogP contribution in [0.25, 0.3) is 22.2 Å². The van der Waals surface area contributed by atoms with E-state index < -0.39 is 5.91 Å². The Morgan fingerprint density at radius 3 is 2.50 bits per heavy atom. The maximum atomic E-state index is 12.4. The lowest BCUT2D eigenvalue weighted by molar-refractivity contribution is 0.100. The number of primary amides is 1. The molecular formula is C25H25N5O2. The van der Waals surface area contributed by atoms with Gasteiger partial charge in [0.05, 0.1) is 28.7 Å². The van der Waals surface area contributed by atoms with Crippen molar-refractivity contribution in [2.24, 2.45) is 11.5 Å². The first-order valence-electron chi connectivity index (χ1n) is 10.9. The summed E-state index contributed by atoms with van der Waals surface area (Å²) in [5.74, 6) is 1.13. The van der Waals surface area contributed by atoms with Crippen molar-refractivity contribution in [1.29, 1.82) is 0 Å². The van der Waals surface area contributed by atoms with Crippen molar-refractivity contribution in [3.8, 4) is 22.8 Å². The maximum absolute atomic E-state index is 12.4. The largest absolute Gasteiger partial charge is 0.457 e. The van der Waals surface area contributed by atoms with Gasteiger partial charge in [0.1, 0.15) is 11.5 Å². The number of rotatable bonds is 5. The summed E-state index contributed by atoms with van der Waals surface area (Å²) in [6.07, 6.45) is 5.70. The van der Waals surface area contributed by atoms with E-state index in [0.717, 1.165) is 48.1 Å². The van der Waals surface area contributed by atoms with E-state index in [2.05, 4.69) is 10.2 Å². The predicted octanol–water partition coefficient (Wildman–Crippen LogP) is 4.50. The fraction of sp³-hybridized carbons (Fsp3) is 0.240. The number of hydrogen-bond donors (Lipinski definition) is 3. The third kappa shape index (κ3) is 3.83. The Morgan fingerprint density at radius 2 is 1.78 bits per heavy atom. The quantitative estimate of drug-likeness (QED) is 0.433. The van der Waals surface area contributed by atoms with Crippen molar-refractivity contribution >= 4 is 16.8 Å². The lowest BCUT2D eigenvalue weighted by Gasteiger charge is -2.27. The molecule has 0 radical (unpaired) electrons. The average Bonchev–Trinajstić information content (AvgIpc) is 3.29. The van der Waals surface area contributed by atoms with Crippen molar-refractivity contribution in [3.63, 3.8) is 0 Å². The van der Waals surface area contributed by atoms with Gasteiger partial charge in [-0.1, -0.05) is 24.6 Å². The van der Waals surface area contributed by atoms with E-state index >= 15 is 0 Å². The molecule has 1 unspecified atom stereocenters. The SMILES string of the molecule is NC(=O)c1c(-c2ccc(Oc3ccccc3)cc2)nc(C2CCC[C@H](N)C2)c2cn[nH]c12. The number of nitrogens with two attached hydrogens (primary N) is 2. The predicted molar refractivity (Wildman–Crippen MR) is 124 cm³/mol. The van der Waals surface area contributed by atoms with Gasteiger partial charge in [-0.15, -0.1) is 0 Å². The van der Waals surface area contributed by atoms with E-state index in [1.807, 2.05) is 54.6 Å². The molecule has 0 bridgehead atoms. The van der Waals surface area contributed by atoms with Gasteiger partial charge < -0.3 is 16.2 Å². The molecule has 1 amide bonds. The molecule has 1 saturated carbocycles. The number of amides is 1. The van der Waals surface area contributed by atoms with Gasteiger partial charge >= 0.3 is 0 Å². The highest BCUT2D eigenvalue weighted by Gasteiger charge is 2.28. The van der Waals surface area contributed by atoms with Crippen LogP contribution in [-0.2, 0) is 0 Å². The van der Waals surface area contributed by atoms with Gasteiger partial charge in [-0.2, -0.15) is 5.10 Å². The summed E-state index contributed by atoms with van der Waals surface area (Å²) in [6.45, 7) is 0. The summed E-state index contributed by atoms with van der Waals surface area (Å²) in [4.78, 5) is 17.4. The van der Waals surface area contributed by atoms with Gasteiger partial charge in [-0.05, 0) is 55.7 Å². The highest BCUT2D eigenvalue weighted by Crippen LogP contribution is 2.38. The van der Waals surface area contributed by atoms with Crippen LogP contribution >= 0.6 is 0 Å². The third-order valence-corrected chi connectivity index (χ3v) is 6.09. The van der Waals surface area contributed by atoms with E-state index in [0.29, 0.717) is 22.5 Å². The number of H-pyrrole nitrogens is 1. The standard InChI is InChI=1S/C25H25N5O2/c26-17-6-4-5-16(13-17)22-20-14-28-30-24(20)21(25(27)31)23(29-22)15-9-11-19(12-10-15)32-18-7-2-1-3-8-18/h1-3,7-12,14,16-17H,4-6,13,26H2,(H2,27,31)(H,28,30)/t16?,17-/m0/s1. The van der Waals surface area contributed by atoms with Gasteiger partial charge in [0.25, 0.3) is 5.91 Å². The van der Waals surface area contributed by atoms with Crippen LogP contribution in [0.5, 0.6) is 11.5 Å². The Kier molecular flexibility index (Phi) is 5.33. The van der Waals surface area contributed by atoms with E-state index in [-0.39, 0.29) is 12.0 Å². The number of para-hydroxylation sites is 1. The molecule has 1 fully saturated rings. The van der Waals surface area contributed by atoms with Crippen molar-refractivity contribution in [2.45, 2.75) is 37.6 Å². The summed E-state index contributed by atoms with van der Waals surface area (Å²) in [7, 11) is 0. The molecule has 2 atom stereocenters. The second-order valence-corrected chi connectivity index (χ2v) is 8.31. The number of nitrogens with zero attached hydrogens (tertiary/aromatic N) is 2. The van der Waals surface area contributed by atoms with Crippen molar-refractivity contribution in [3.05, 3.63) is 72.1 Å². The van der Waals surface area contributed by atoms with Crippen LogP contribution in [0, 0.1) is 0 Å². The zero-order valence-electron chi connectivity index (χ0n) is 17.6. The molecule has 4 aromatic rings. The molecule has 162 valence electrons. The number of hydrogen-bond acceptors (Lipinski definition) is 5. The molecule has 1 aliphatic rings. The molecule has 2 heterocycles. The lowest BCUT2D eigenvalue weighted by atomic mass is 9.82. The molecule has 0 aliphatic heterocycles. The van der Waals surface area contributed by atoms with Crippen LogP contribution in [0.1, 0.15) is 47.7 Å². The molecule has 1 aliphatic carbocycles. The Hall–Kier alpha value is -3.71. The van der Waals surface area contributed by atoms with Crippen LogP contribution in [0.2, 0.25) is 0 Å². The fourth-order valence-electron chi connectivity index (χ4n) is 4.57. The fourth-order valence-corrected chi connectivity index (χ4v) is 4.57. The average molecular weight is 428 g/mol. The van der Waals surface area contributed by atoms with E-state index in [4.69, 9.17) is 21.2 Å². The maximum Gasteiger partial charge on any atom is 0.253 e. The summed E-state index contributed by atoms with van der Waals surface area (Å²) in [5.41, 5.74) is 15.3. The first-order chi connectivity index (χ1) is 15.6. The number of aromatic amines is 1. The highest BCUT2D eigenvalue weighted by molar-refractivity contribution is 6.10. The molecule has 0 spiro atoms. The summed E-state index contributed by atoms with van der Waals surface area (Å²) < 4.78 is 5.89. The molecule has 0 saturated heterocycles. The van der Waals surface area contributed by atoms with Crippen LogP contribution in [0.15, 0.2) is 60.8 Å². The number of carbonyl (C=O) groups is 1. The minimum absolute atomic E-state index is 0.159. The molecular weight excluding hydrogens is 402 g/mol. The van der Waals surface area contributed by atoms with Crippen molar-refractivity contribution in [1.82, 2.24) is 15.2 Å². The van der Waals surface area contributed by atoms with Crippen LogP contribution in [0.4, 0.5) is 0 Å². The molecule has 32 heavy (non-hydrogen) atoms. The molecule has 7 nitrogen and oxygen atoms in total. The summed E-state index contributed by atoms with van der Waals surface area (Å²) in [6, 6.07) is 17.3. The van der Waals surface area contributed by atoms with E-state index in [1.54, 1.807) is 6.20 Å². The van der Waals surface area contributed by atoms with E-state index in [9.17, 15) is 4.79 Å². The Morgan fingerprint density at radius 1 is 1.03 bits per heavy atom. The smallest absolute Gasteiger partial charge is 0.253 e. The summed E-state index contributed by atoms with van der Waals surface area (Å²) in [5, 5.41) is 8.00. The van der Waals surface area contributed by atoms with Gasteiger partial charge in [-0.25, -0.2) is 0 Å². The number of fused-ring (bicyclic) bond motifs is 1. The van der Waals surface area contributed by atoms with Gasteiger partial charge in [-0.3, -0.25) is 14.9 Å². The zero-order valence-corrected chi connectivity index (χ0v) is 17.6. The number of ether oxygens (including phenoxy) is 1. The second kappa shape index (κ2) is 8.43. The molecule has 5 N–H and O–H groups in total. The second-order valence-electron chi connectivity index (χ2n) is 8.31. The molecule has 5 rings (SSSR count). The Balaban J connectivity index is 1.58. The van der Waals surface area contributed by atoms with E-state index in [1.165, 1.54) is 0 Å². The Bertz CT molecular complexity index is 1250. The monoisotopic (exact) mass is 427 g/mol. The van der Waals surface area contributed by atoms with Gasteiger partial charge in [0, 0.05) is 22.9 Å². The zero-order chi connectivity index (χ0) is 22.1. The van der Waals surface area contributed by atoms with Gasteiger partial charge in [0.2, 0.25) is 0 Å². The number of benzene rings is 2. The minimum atomic E-state index is -0.543. The van der Waals surface area contributed by atoms with Gasteiger partial charge in [0.15, 0.2) is 0 Å². The highest BCUT2D eigenvalue weighted by atomic mass is 16.5. The topological polar surface area (TPSA) is 120 Å². The molecule has 7 heteroatoms. The first-order valence-corrected chi connectivity index (χ1v) is 10.9. The molecule has 2 aromatic heterocycles.